The van der Waals surface area contributed by atoms with Crippen LogP contribution in [0.25, 0.3) is 0 Å². The van der Waals surface area contributed by atoms with Gasteiger partial charge in [-0.25, -0.2) is 0 Å². The highest BCUT2D eigenvalue weighted by Crippen LogP contribution is 2.25. The Labute approximate surface area is 38.2 Å². The summed E-state index contributed by atoms with van der Waals surface area (Å²) in [6.07, 6.45) is 4.29. The van der Waals surface area contributed by atoms with E-state index in [-0.39, 0.29) is 0 Å². The van der Waals surface area contributed by atoms with E-state index < -0.39 is 0 Å². The lowest BCUT2D eigenvalue weighted by atomic mass is 10.4. The topological polar surface area (TPSA) is 0 Å². The van der Waals surface area contributed by atoms with Crippen molar-refractivity contribution in [1.82, 2.24) is 0 Å². The van der Waals surface area contributed by atoms with E-state index in [1.807, 2.05) is 0 Å². The molecular weight excluding hydrogens is 72.1 g/mol. The zero-order valence-corrected chi connectivity index (χ0v) is 4.15. The second kappa shape index (κ2) is 0.970. The van der Waals surface area contributed by atoms with E-state index in [0.717, 1.165) is 0 Å². The van der Waals surface area contributed by atoms with Crippen LogP contribution in [0.1, 0.15) is 13.8 Å². The predicted molar refractivity (Wildman–Crippen MR) is 27.5 cm³/mol. The van der Waals surface area contributed by atoms with Gasteiger partial charge in [-0.1, -0.05) is 12.2 Å². The molecule has 0 heteroatoms. The molecule has 0 aromatic carbocycles. The van der Waals surface area contributed by atoms with Gasteiger partial charge in [-0.3, -0.25) is 0 Å². The molecule has 0 saturated carbocycles. The van der Waals surface area contributed by atoms with Crippen molar-refractivity contribution in [2.75, 3.05) is 0 Å². The van der Waals surface area contributed by atoms with Crippen molar-refractivity contribution in [2.45, 2.75) is 13.8 Å². The summed E-state index contributed by atoms with van der Waals surface area (Å²) in [7, 11) is 0. The van der Waals surface area contributed by atoms with Crippen molar-refractivity contribution in [1.29, 1.82) is 0 Å². The molecule has 1 aliphatic carbocycles. The van der Waals surface area contributed by atoms with Crippen LogP contribution in [0.15, 0.2) is 23.3 Å². The molecule has 1 aliphatic rings. The zero-order chi connectivity index (χ0) is 4.57. The molecule has 0 saturated heterocycles. The van der Waals surface area contributed by atoms with Gasteiger partial charge in [-0.2, -0.15) is 0 Å². The van der Waals surface area contributed by atoms with Gasteiger partial charge in [0, 0.05) is 0 Å². The van der Waals surface area contributed by atoms with Gasteiger partial charge in [0.1, 0.15) is 0 Å². The zero-order valence-electron chi connectivity index (χ0n) is 4.15. The quantitative estimate of drug-likeness (QED) is 0.417. The lowest BCUT2D eigenvalue weighted by molar-refractivity contribution is 1.61. The Morgan fingerprint density at radius 2 is 2.17 bits per heavy atom. The SMILES string of the molecule is C/C=C1C=C/1C. The number of hydrogen-bond acceptors (Lipinski definition) is 0. The first-order chi connectivity index (χ1) is 2.84. The second-order valence-electron chi connectivity index (χ2n) is 1.57. The first kappa shape index (κ1) is 3.66. The largest absolute Gasteiger partial charge is 0.0801 e. The van der Waals surface area contributed by atoms with Gasteiger partial charge in [0.05, 0.1) is 0 Å². The van der Waals surface area contributed by atoms with E-state index in [4.69, 9.17) is 0 Å². The standard InChI is InChI=1S/C6H8/c1-3-6-4-5(6)2/h3-4H,1-2H3/b6-3-. The maximum atomic E-state index is 2.17. The summed E-state index contributed by atoms with van der Waals surface area (Å²) in [6.45, 7) is 4.18. The molecule has 32 valence electrons. The van der Waals surface area contributed by atoms with Crippen molar-refractivity contribution in [3.8, 4) is 0 Å². The molecule has 0 aliphatic heterocycles. The highest BCUT2D eigenvalue weighted by Gasteiger charge is 2.05. The summed E-state index contributed by atoms with van der Waals surface area (Å²) in [5, 5.41) is 0. The fraction of sp³-hybridized carbons (Fsp3) is 0.333. The molecule has 1 rings (SSSR count). The van der Waals surface area contributed by atoms with Crippen LogP contribution in [0, 0.1) is 0 Å². The van der Waals surface area contributed by atoms with Gasteiger partial charge in [-0.15, -0.1) is 0 Å². The van der Waals surface area contributed by atoms with Crippen molar-refractivity contribution >= 4 is 0 Å². The normalized spacial score (nSPS) is 24.3. The fourth-order valence-electron chi connectivity index (χ4n) is 0.508. The number of hydrogen-bond donors (Lipinski definition) is 0. The van der Waals surface area contributed by atoms with Crippen LogP contribution in [0.4, 0.5) is 0 Å². The second-order valence-corrected chi connectivity index (χ2v) is 1.57. The highest BCUT2D eigenvalue weighted by atomic mass is 14.1. The van der Waals surface area contributed by atoms with Crippen molar-refractivity contribution in [2.24, 2.45) is 0 Å². The number of allylic oxidation sites excluding steroid dienone is 4. The van der Waals surface area contributed by atoms with E-state index in [2.05, 4.69) is 26.0 Å². The average molecular weight is 80.1 g/mol. The van der Waals surface area contributed by atoms with Crippen LogP contribution in [-0.2, 0) is 0 Å². The van der Waals surface area contributed by atoms with Gasteiger partial charge in [-0.05, 0) is 25.0 Å². The summed E-state index contributed by atoms with van der Waals surface area (Å²) >= 11 is 0. The van der Waals surface area contributed by atoms with Crippen LogP contribution >= 0.6 is 0 Å². The molecule has 0 amide bonds. The Hall–Kier alpha value is -0.520. The summed E-state index contributed by atoms with van der Waals surface area (Å²) < 4.78 is 0. The Kier molecular flexibility index (Phi) is 0.592. The van der Waals surface area contributed by atoms with Crippen LogP contribution in [0.5, 0.6) is 0 Å². The first-order valence-corrected chi connectivity index (χ1v) is 2.19. The third-order valence-corrected chi connectivity index (χ3v) is 1.06. The minimum absolute atomic E-state index is 1.43. The van der Waals surface area contributed by atoms with Crippen LogP contribution in [0.2, 0.25) is 0 Å². The third-order valence-electron chi connectivity index (χ3n) is 1.06. The minimum Gasteiger partial charge on any atom is -0.0801 e. The Balaban J connectivity index is 2.56. The smallest absolute Gasteiger partial charge is 0.0267 e. The first-order valence-electron chi connectivity index (χ1n) is 2.19. The van der Waals surface area contributed by atoms with Gasteiger partial charge < -0.3 is 0 Å². The summed E-state index contributed by atoms with van der Waals surface area (Å²) in [5.74, 6) is 0. The minimum atomic E-state index is 1.43. The number of rotatable bonds is 0. The maximum Gasteiger partial charge on any atom is -0.0267 e. The molecule has 0 unspecified atom stereocenters. The molecule has 0 fully saturated rings. The fourth-order valence-corrected chi connectivity index (χ4v) is 0.508. The summed E-state index contributed by atoms with van der Waals surface area (Å²) in [4.78, 5) is 0. The molecule has 0 nitrogen and oxygen atoms in total. The van der Waals surface area contributed by atoms with E-state index >= 15 is 0 Å². The van der Waals surface area contributed by atoms with E-state index in [1.165, 1.54) is 11.1 Å². The molecule has 0 aromatic rings. The molecule has 0 N–H and O–H groups in total. The Morgan fingerprint density at radius 3 is 2.17 bits per heavy atom. The average Bonchev–Trinajstić information content (AvgIpc) is 2.19. The molecular formula is C6H8. The lowest BCUT2D eigenvalue weighted by Crippen LogP contribution is -1.45. The molecule has 0 heterocycles. The van der Waals surface area contributed by atoms with Crippen LogP contribution < -0.4 is 0 Å². The highest BCUT2D eigenvalue weighted by molar-refractivity contribution is 5.55. The molecule has 0 aromatic heterocycles. The lowest BCUT2D eigenvalue weighted by Gasteiger charge is -1.65. The van der Waals surface area contributed by atoms with E-state index in [0.29, 0.717) is 0 Å². The molecule has 0 bridgehead atoms. The Morgan fingerprint density at radius 1 is 1.67 bits per heavy atom. The molecule has 0 radical (unpaired) electrons. The van der Waals surface area contributed by atoms with Gasteiger partial charge in [0.2, 0.25) is 0 Å². The summed E-state index contributed by atoms with van der Waals surface area (Å²) in [5.41, 5.74) is 2.87. The van der Waals surface area contributed by atoms with Crippen LogP contribution in [0.3, 0.4) is 0 Å². The predicted octanol–water partition coefficient (Wildman–Crippen LogP) is 1.89. The maximum absolute atomic E-state index is 2.17. The van der Waals surface area contributed by atoms with Gasteiger partial charge in [0.15, 0.2) is 0 Å². The molecule has 0 spiro atoms. The third kappa shape index (κ3) is 0.383. The van der Waals surface area contributed by atoms with Gasteiger partial charge in [0.25, 0.3) is 0 Å². The molecule has 6 heavy (non-hydrogen) atoms. The monoisotopic (exact) mass is 80.1 g/mol. The van der Waals surface area contributed by atoms with Crippen molar-refractivity contribution in [3.05, 3.63) is 23.3 Å². The summed E-state index contributed by atoms with van der Waals surface area (Å²) in [6, 6.07) is 0. The van der Waals surface area contributed by atoms with Crippen LogP contribution in [-0.4, -0.2) is 0 Å². The van der Waals surface area contributed by atoms with E-state index in [9.17, 15) is 0 Å². The Bertz CT molecular complexity index is 113. The molecule has 0 atom stereocenters. The van der Waals surface area contributed by atoms with Crippen molar-refractivity contribution < 1.29 is 0 Å². The van der Waals surface area contributed by atoms with Gasteiger partial charge >= 0.3 is 0 Å². The van der Waals surface area contributed by atoms with E-state index in [1.54, 1.807) is 0 Å². The van der Waals surface area contributed by atoms with Crippen molar-refractivity contribution in [3.63, 3.8) is 0 Å².